The summed E-state index contributed by atoms with van der Waals surface area (Å²) in [6, 6.07) is 3.97. The van der Waals surface area contributed by atoms with Crippen LogP contribution in [0, 0.1) is 20.8 Å². The highest BCUT2D eigenvalue weighted by atomic mass is 19.4. The molecule has 3 aromatic heterocycles. The van der Waals surface area contributed by atoms with Crippen LogP contribution >= 0.6 is 0 Å². The maximum absolute atomic E-state index is 13.6. The summed E-state index contributed by atoms with van der Waals surface area (Å²) >= 11 is 0. The number of anilines is 2. The van der Waals surface area contributed by atoms with Crippen molar-refractivity contribution in [2.24, 2.45) is 7.05 Å². The van der Waals surface area contributed by atoms with Gasteiger partial charge in [-0.25, -0.2) is 4.68 Å². The van der Waals surface area contributed by atoms with Crippen LogP contribution in [0.4, 0.5) is 24.5 Å². The molecule has 0 aliphatic rings. The summed E-state index contributed by atoms with van der Waals surface area (Å²) in [5.41, 5.74) is 3.16. The molecular formula is C24H25F3N8O. The zero-order valence-corrected chi connectivity index (χ0v) is 20.4. The fourth-order valence-corrected chi connectivity index (χ4v) is 3.79. The molecule has 0 saturated carbocycles. The molecule has 0 unspecified atom stereocenters. The number of carbonyl (C=O) groups is 1. The number of nitrogens with one attached hydrogen (secondary N) is 2. The maximum atomic E-state index is 13.6. The van der Waals surface area contributed by atoms with E-state index in [1.807, 2.05) is 14.0 Å². The Morgan fingerprint density at radius 3 is 2.50 bits per heavy atom. The van der Waals surface area contributed by atoms with E-state index in [-0.39, 0.29) is 16.8 Å². The van der Waals surface area contributed by atoms with Crippen molar-refractivity contribution in [3.05, 3.63) is 64.9 Å². The lowest BCUT2D eigenvalue weighted by molar-refractivity contribution is -0.138. The fraction of sp³-hybridized carbons (Fsp3) is 0.292. The molecule has 12 heteroatoms. The fourth-order valence-electron chi connectivity index (χ4n) is 3.79. The van der Waals surface area contributed by atoms with Gasteiger partial charge in [0.1, 0.15) is 5.69 Å². The topological polar surface area (TPSA) is 103 Å². The molecule has 0 spiro atoms. The molecule has 9 nitrogen and oxygen atoms in total. The molecule has 4 rings (SSSR count). The molecule has 0 aliphatic heterocycles. The standard InChI is InChI=1S/C24H25F3N8O/c1-6-28-20-9-17(8-19(13(20)2)24(25,26)27)31-23(36)16-7-22(14(3)29-10-16)35-12-21(32-33-35)18-11-30-34(5)15(18)4/h7-12,28H,6H2,1-5H3,(H,31,36). The molecule has 4 aromatic rings. The van der Waals surface area contributed by atoms with Crippen LogP contribution in [0.25, 0.3) is 16.9 Å². The predicted molar refractivity (Wildman–Crippen MR) is 129 cm³/mol. The number of alkyl halides is 3. The summed E-state index contributed by atoms with van der Waals surface area (Å²) in [4.78, 5) is 17.3. The van der Waals surface area contributed by atoms with Crippen molar-refractivity contribution in [3.63, 3.8) is 0 Å². The zero-order chi connectivity index (χ0) is 26.2. The highest BCUT2D eigenvalue weighted by molar-refractivity contribution is 6.04. The lowest BCUT2D eigenvalue weighted by Gasteiger charge is -2.18. The molecule has 0 radical (unpaired) electrons. The molecule has 0 aliphatic carbocycles. The van der Waals surface area contributed by atoms with Gasteiger partial charge in [0.15, 0.2) is 0 Å². The van der Waals surface area contributed by atoms with Gasteiger partial charge in [0, 0.05) is 42.4 Å². The Labute approximate surface area is 205 Å². The predicted octanol–water partition coefficient (Wildman–Crippen LogP) is 4.69. The average Bonchev–Trinajstić information content (AvgIpc) is 3.42. The summed E-state index contributed by atoms with van der Waals surface area (Å²) in [5.74, 6) is -0.605. The number of carbonyl (C=O) groups excluding carboxylic acids is 1. The minimum atomic E-state index is -4.56. The zero-order valence-electron chi connectivity index (χ0n) is 20.4. The van der Waals surface area contributed by atoms with E-state index in [0.29, 0.717) is 29.3 Å². The number of benzene rings is 1. The van der Waals surface area contributed by atoms with Crippen molar-refractivity contribution in [2.45, 2.75) is 33.9 Å². The van der Waals surface area contributed by atoms with E-state index in [9.17, 15) is 18.0 Å². The molecule has 1 aromatic carbocycles. The van der Waals surface area contributed by atoms with Gasteiger partial charge in [-0.15, -0.1) is 5.10 Å². The Hall–Kier alpha value is -4.22. The summed E-state index contributed by atoms with van der Waals surface area (Å²) in [6.45, 7) is 7.27. The number of amides is 1. The van der Waals surface area contributed by atoms with Crippen molar-refractivity contribution >= 4 is 17.3 Å². The molecule has 0 saturated heterocycles. The first-order valence-electron chi connectivity index (χ1n) is 11.1. The number of aromatic nitrogens is 6. The number of hydrogen-bond donors (Lipinski definition) is 2. The van der Waals surface area contributed by atoms with Gasteiger partial charge in [-0.1, -0.05) is 5.21 Å². The number of hydrogen-bond acceptors (Lipinski definition) is 6. The minimum Gasteiger partial charge on any atom is -0.385 e. The Kier molecular flexibility index (Phi) is 6.53. The highest BCUT2D eigenvalue weighted by Gasteiger charge is 2.34. The van der Waals surface area contributed by atoms with Gasteiger partial charge in [0.2, 0.25) is 0 Å². The maximum Gasteiger partial charge on any atom is 0.416 e. The van der Waals surface area contributed by atoms with Crippen molar-refractivity contribution in [3.8, 4) is 16.9 Å². The normalized spacial score (nSPS) is 11.6. The third-order valence-corrected chi connectivity index (χ3v) is 5.91. The van der Waals surface area contributed by atoms with Crippen LogP contribution in [0.15, 0.2) is 36.8 Å². The van der Waals surface area contributed by atoms with Crippen LogP contribution in [-0.4, -0.2) is 42.2 Å². The second-order valence-corrected chi connectivity index (χ2v) is 8.32. The van der Waals surface area contributed by atoms with E-state index in [0.717, 1.165) is 17.3 Å². The van der Waals surface area contributed by atoms with Crippen molar-refractivity contribution in [1.29, 1.82) is 0 Å². The third kappa shape index (κ3) is 4.79. The Morgan fingerprint density at radius 1 is 1.11 bits per heavy atom. The summed E-state index contributed by atoms with van der Waals surface area (Å²) < 4.78 is 43.9. The molecule has 1 amide bonds. The second kappa shape index (κ2) is 9.44. The van der Waals surface area contributed by atoms with Crippen LogP contribution in [0.1, 0.15) is 39.8 Å². The van der Waals surface area contributed by atoms with Gasteiger partial charge in [-0.05, 0) is 51.5 Å². The quantitative estimate of drug-likeness (QED) is 0.400. The van der Waals surface area contributed by atoms with Crippen LogP contribution in [0.3, 0.4) is 0 Å². The van der Waals surface area contributed by atoms with Gasteiger partial charge >= 0.3 is 6.18 Å². The van der Waals surface area contributed by atoms with E-state index in [1.54, 1.807) is 37.0 Å². The largest absolute Gasteiger partial charge is 0.416 e. The highest BCUT2D eigenvalue weighted by Crippen LogP contribution is 2.37. The Bertz CT molecular complexity index is 1440. The number of halogens is 3. The van der Waals surface area contributed by atoms with E-state index < -0.39 is 17.6 Å². The SMILES string of the molecule is CCNc1cc(NC(=O)c2cnc(C)c(-n3cc(-c4cnn(C)c4C)nn3)c2)cc(C(F)(F)F)c1C. The monoisotopic (exact) mass is 498 g/mol. The molecule has 188 valence electrons. The Balaban J connectivity index is 1.65. The molecule has 0 fully saturated rings. The van der Waals surface area contributed by atoms with Crippen LogP contribution in [0.2, 0.25) is 0 Å². The third-order valence-electron chi connectivity index (χ3n) is 5.91. The summed E-state index contributed by atoms with van der Waals surface area (Å²) in [5, 5.41) is 18.1. The van der Waals surface area contributed by atoms with Crippen molar-refractivity contribution in [2.75, 3.05) is 17.2 Å². The van der Waals surface area contributed by atoms with Crippen molar-refractivity contribution in [1.82, 2.24) is 29.8 Å². The van der Waals surface area contributed by atoms with Crippen LogP contribution in [-0.2, 0) is 13.2 Å². The van der Waals surface area contributed by atoms with E-state index >= 15 is 0 Å². The molecule has 36 heavy (non-hydrogen) atoms. The minimum absolute atomic E-state index is 0.0195. The van der Waals surface area contributed by atoms with Crippen molar-refractivity contribution < 1.29 is 18.0 Å². The number of nitrogens with zero attached hydrogens (tertiary/aromatic N) is 6. The molecule has 3 heterocycles. The van der Waals surface area contributed by atoms with E-state index in [1.165, 1.54) is 23.9 Å². The molecule has 2 N–H and O–H groups in total. The van der Waals surface area contributed by atoms with Gasteiger partial charge < -0.3 is 10.6 Å². The summed E-state index contributed by atoms with van der Waals surface area (Å²) in [7, 11) is 1.83. The Morgan fingerprint density at radius 2 is 1.86 bits per heavy atom. The number of aryl methyl sites for hydroxylation is 2. The van der Waals surface area contributed by atoms with E-state index in [2.05, 4.69) is 31.0 Å². The smallest absolute Gasteiger partial charge is 0.385 e. The lowest BCUT2D eigenvalue weighted by Crippen LogP contribution is -2.16. The van der Waals surface area contributed by atoms with Crippen LogP contribution < -0.4 is 10.6 Å². The van der Waals surface area contributed by atoms with Gasteiger partial charge in [-0.3, -0.25) is 14.5 Å². The first-order valence-corrected chi connectivity index (χ1v) is 11.1. The van der Waals surface area contributed by atoms with E-state index in [4.69, 9.17) is 0 Å². The average molecular weight is 499 g/mol. The van der Waals surface area contributed by atoms with Gasteiger partial charge in [-0.2, -0.15) is 18.3 Å². The molecule has 0 atom stereocenters. The first-order chi connectivity index (χ1) is 17.0. The van der Waals surface area contributed by atoms with Gasteiger partial charge in [0.05, 0.1) is 34.9 Å². The number of rotatable bonds is 6. The first kappa shape index (κ1) is 24.9. The van der Waals surface area contributed by atoms with Crippen LogP contribution in [0.5, 0.6) is 0 Å². The molecule has 0 bridgehead atoms. The second-order valence-electron chi connectivity index (χ2n) is 8.32. The van der Waals surface area contributed by atoms with Gasteiger partial charge in [0.25, 0.3) is 5.91 Å². The number of pyridine rings is 1. The lowest BCUT2D eigenvalue weighted by atomic mass is 10.0. The molecular weight excluding hydrogens is 473 g/mol. The summed E-state index contributed by atoms with van der Waals surface area (Å²) in [6.07, 6.45) is 0.192.